The van der Waals surface area contributed by atoms with Gasteiger partial charge in [-0.05, 0) is 61.7 Å². The Bertz CT molecular complexity index is 1100. The minimum atomic E-state index is -0.129. The average molecular weight is 471 g/mol. The maximum Gasteiger partial charge on any atom is 0.247 e. The zero-order valence-corrected chi connectivity index (χ0v) is 19.2. The molecule has 7 nitrogen and oxygen atoms in total. The number of aromatic nitrogens is 2. The number of halogens is 1. The van der Waals surface area contributed by atoms with Gasteiger partial charge in [0, 0.05) is 22.3 Å². The van der Waals surface area contributed by atoms with E-state index in [9.17, 15) is 9.59 Å². The summed E-state index contributed by atoms with van der Waals surface area (Å²) in [6, 6.07) is 14.9. The first-order valence-electron chi connectivity index (χ1n) is 10.3. The number of anilines is 1. The largest absolute Gasteiger partial charge is 0.419 e. The summed E-state index contributed by atoms with van der Waals surface area (Å²) in [5, 5.41) is 11.7. The molecule has 2 amide bonds. The molecule has 166 valence electrons. The molecule has 9 heteroatoms. The molecule has 1 saturated carbocycles. The van der Waals surface area contributed by atoms with Gasteiger partial charge in [0.25, 0.3) is 0 Å². The number of nitrogens with one attached hydrogen (secondary N) is 1. The van der Waals surface area contributed by atoms with Gasteiger partial charge in [0.15, 0.2) is 0 Å². The van der Waals surface area contributed by atoms with Crippen molar-refractivity contribution in [2.45, 2.75) is 32.4 Å². The summed E-state index contributed by atoms with van der Waals surface area (Å²) in [4.78, 5) is 26.7. The van der Waals surface area contributed by atoms with Crippen molar-refractivity contribution in [3.8, 4) is 11.5 Å². The van der Waals surface area contributed by atoms with Gasteiger partial charge in [0.2, 0.25) is 23.6 Å². The molecular weight excluding hydrogens is 448 g/mol. The summed E-state index contributed by atoms with van der Waals surface area (Å²) in [5.74, 6) is 1.04. The number of benzene rings is 2. The van der Waals surface area contributed by atoms with E-state index in [0.717, 1.165) is 29.7 Å². The smallest absolute Gasteiger partial charge is 0.247 e. The van der Waals surface area contributed by atoms with Crippen LogP contribution in [0.3, 0.4) is 0 Å². The Hall–Kier alpha value is -2.84. The fraction of sp³-hybridized carbons (Fsp3) is 0.304. The summed E-state index contributed by atoms with van der Waals surface area (Å²) in [6.07, 6.45) is 1.92. The predicted octanol–water partition coefficient (Wildman–Crippen LogP) is 4.56. The summed E-state index contributed by atoms with van der Waals surface area (Å²) in [7, 11) is 0. The molecule has 0 saturated heterocycles. The van der Waals surface area contributed by atoms with Gasteiger partial charge in [-0.1, -0.05) is 23.7 Å². The number of amides is 2. The first-order chi connectivity index (χ1) is 15.5. The fourth-order valence-corrected chi connectivity index (χ4v) is 4.04. The highest BCUT2D eigenvalue weighted by atomic mass is 35.5. The molecule has 4 rings (SSSR count). The van der Waals surface area contributed by atoms with Crippen LogP contribution in [0.25, 0.3) is 11.5 Å². The molecule has 0 bridgehead atoms. The number of thioether (sulfide) groups is 1. The van der Waals surface area contributed by atoms with Crippen LogP contribution in [-0.2, 0) is 16.1 Å². The van der Waals surface area contributed by atoms with Gasteiger partial charge in [-0.15, -0.1) is 22.0 Å². The molecule has 1 N–H and O–H groups in total. The van der Waals surface area contributed by atoms with Crippen molar-refractivity contribution in [1.82, 2.24) is 15.1 Å². The van der Waals surface area contributed by atoms with Crippen molar-refractivity contribution in [1.29, 1.82) is 0 Å². The number of hydrogen-bond donors (Lipinski definition) is 1. The summed E-state index contributed by atoms with van der Waals surface area (Å²) in [5.41, 5.74) is 2.60. The molecule has 0 unspecified atom stereocenters. The lowest BCUT2D eigenvalue weighted by molar-refractivity contribution is -0.129. The first kappa shape index (κ1) is 22.4. The molecule has 0 atom stereocenters. The third-order valence-electron chi connectivity index (χ3n) is 4.93. The number of carbonyl (C=O) groups excluding carboxylic acids is 2. The van der Waals surface area contributed by atoms with E-state index in [0.29, 0.717) is 16.8 Å². The fourth-order valence-electron chi connectivity index (χ4n) is 3.21. The van der Waals surface area contributed by atoms with Crippen molar-refractivity contribution in [3.63, 3.8) is 0 Å². The number of aryl methyl sites for hydroxylation is 1. The van der Waals surface area contributed by atoms with Crippen LogP contribution >= 0.6 is 23.4 Å². The predicted molar refractivity (Wildman–Crippen MR) is 125 cm³/mol. The van der Waals surface area contributed by atoms with Gasteiger partial charge in [-0.3, -0.25) is 9.59 Å². The van der Waals surface area contributed by atoms with Crippen LogP contribution in [0.4, 0.5) is 5.69 Å². The molecule has 32 heavy (non-hydrogen) atoms. The minimum absolute atomic E-state index is 0.0351. The Morgan fingerprint density at radius 3 is 2.66 bits per heavy atom. The summed E-state index contributed by atoms with van der Waals surface area (Å²) >= 11 is 7.22. The van der Waals surface area contributed by atoms with E-state index < -0.39 is 0 Å². The third kappa shape index (κ3) is 6.11. The normalized spacial score (nSPS) is 13.1. The standard InChI is InChI=1S/C23H23ClN4O3S/c1-15-3-2-4-18(11-15)25-20(29)13-32-14-22(30)28(19-9-10-19)12-21-26-27-23(31-21)16-5-7-17(24)8-6-16/h2-8,11,19H,9-10,12-14H2,1H3,(H,25,29). The van der Waals surface area contributed by atoms with Gasteiger partial charge >= 0.3 is 0 Å². The Balaban J connectivity index is 1.29. The van der Waals surface area contributed by atoms with Crippen LogP contribution in [0.5, 0.6) is 0 Å². The third-order valence-corrected chi connectivity index (χ3v) is 6.10. The molecule has 2 aromatic carbocycles. The molecule has 1 aromatic heterocycles. The zero-order valence-electron chi connectivity index (χ0n) is 17.6. The van der Waals surface area contributed by atoms with Crippen molar-refractivity contribution in [2.75, 3.05) is 16.8 Å². The van der Waals surface area contributed by atoms with E-state index in [-0.39, 0.29) is 35.9 Å². The second-order valence-electron chi connectivity index (χ2n) is 7.67. The average Bonchev–Trinajstić information content (AvgIpc) is 3.50. The lowest BCUT2D eigenvalue weighted by Crippen LogP contribution is -2.34. The summed E-state index contributed by atoms with van der Waals surface area (Å²) < 4.78 is 5.76. The highest BCUT2D eigenvalue weighted by Gasteiger charge is 2.33. The molecule has 0 aliphatic heterocycles. The Morgan fingerprint density at radius 2 is 1.94 bits per heavy atom. The topological polar surface area (TPSA) is 88.3 Å². The molecule has 1 aliphatic rings. The van der Waals surface area contributed by atoms with Crippen LogP contribution in [0, 0.1) is 6.92 Å². The van der Waals surface area contributed by atoms with Crippen LogP contribution in [0.15, 0.2) is 52.9 Å². The number of carbonyl (C=O) groups is 2. The lowest BCUT2D eigenvalue weighted by atomic mass is 10.2. The second-order valence-corrected chi connectivity index (χ2v) is 9.09. The monoisotopic (exact) mass is 470 g/mol. The highest BCUT2D eigenvalue weighted by molar-refractivity contribution is 8.00. The Morgan fingerprint density at radius 1 is 1.16 bits per heavy atom. The number of hydrogen-bond acceptors (Lipinski definition) is 6. The van der Waals surface area contributed by atoms with Crippen LogP contribution in [-0.4, -0.2) is 44.5 Å². The molecule has 1 fully saturated rings. The maximum absolute atomic E-state index is 12.8. The van der Waals surface area contributed by atoms with Gasteiger partial charge < -0.3 is 14.6 Å². The van der Waals surface area contributed by atoms with Crippen LogP contribution in [0.1, 0.15) is 24.3 Å². The zero-order chi connectivity index (χ0) is 22.5. The molecule has 3 aromatic rings. The van der Waals surface area contributed by atoms with E-state index in [2.05, 4.69) is 15.5 Å². The van der Waals surface area contributed by atoms with Crippen LogP contribution < -0.4 is 5.32 Å². The van der Waals surface area contributed by atoms with Crippen molar-refractivity contribution in [2.24, 2.45) is 0 Å². The molecule has 1 heterocycles. The molecule has 0 radical (unpaired) electrons. The van der Waals surface area contributed by atoms with Crippen molar-refractivity contribution >= 4 is 40.9 Å². The highest BCUT2D eigenvalue weighted by Crippen LogP contribution is 2.29. The second kappa shape index (κ2) is 10.2. The molecular formula is C23H23ClN4O3S. The molecule has 0 spiro atoms. The van der Waals surface area contributed by atoms with E-state index in [1.165, 1.54) is 11.8 Å². The number of nitrogens with zero attached hydrogens (tertiary/aromatic N) is 3. The SMILES string of the molecule is Cc1cccc(NC(=O)CSCC(=O)N(Cc2nnc(-c3ccc(Cl)cc3)o2)C2CC2)c1. The van der Waals surface area contributed by atoms with Crippen molar-refractivity contribution < 1.29 is 14.0 Å². The maximum atomic E-state index is 12.8. The summed E-state index contributed by atoms with van der Waals surface area (Å²) in [6.45, 7) is 2.23. The Kier molecular flexibility index (Phi) is 7.12. The van der Waals surface area contributed by atoms with Crippen LogP contribution in [0.2, 0.25) is 5.02 Å². The van der Waals surface area contributed by atoms with Gasteiger partial charge in [-0.2, -0.15) is 0 Å². The van der Waals surface area contributed by atoms with Gasteiger partial charge in [-0.25, -0.2) is 0 Å². The first-order valence-corrected chi connectivity index (χ1v) is 11.8. The van der Waals surface area contributed by atoms with E-state index in [1.54, 1.807) is 17.0 Å². The number of rotatable bonds is 9. The van der Waals surface area contributed by atoms with Gasteiger partial charge in [0.05, 0.1) is 18.1 Å². The molecule has 1 aliphatic carbocycles. The van der Waals surface area contributed by atoms with E-state index >= 15 is 0 Å². The lowest BCUT2D eigenvalue weighted by Gasteiger charge is -2.20. The van der Waals surface area contributed by atoms with E-state index in [4.69, 9.17) is 16.0 Å². The minimum Gasteiger partial charge on any atom is -0.419 e. The van der Waals surface area contributed by atoms with Gasteiger partial charge in [0.1, 0.15) is 0 Å². The van der Waals surface area contributed by atoms with Crippen molar-refractivity contribution in [3.05, 3.63) is 65.0 Å². The van der Waals surface area contributed by atoms with E-state index in [1.807, 2.05) is 43.3 Å². The quantitative estimate of drug-likeness (QED) is 0.493. The Labute approximate surface area is 195 Å².